The van der Waals surface area contributed by atoms with Crippen LogP contribution >= 0.6 is 0 Å². The van der Waals surface area contributed by atoms with Crippen LogP contribution in [0.2, 0.25) is 0 Å². The molecule has 0 radical (unpaired) electrons. The van der Waals surface area contributed by atoms with E-state index in [2.05, 4.69) is 17.3 Å². The Balaban J connectivity index is 1.46. The maximum Gasteiger partial charge on any atom is 0.0700 e. The summed E-state index contributed by atoms with van der Waals surface area (Å²) >= 11 is 0. The molecule has 17 heavy (non-hydrogen) atoms. The van der Waals surface area contributed by atoms with Gasteiger partial charge >= 0.3 is 0 Å². The van der Waals surface area contributed by atoms with Crippen LogP contribution in [0.15, 0.2) is 0 Å². The second-order valence-corrected chi connectivity index (χ2v) is 5.75. The molecule has 1 aliphatic carbocycles. The largest absolute Gasteiger partial charge is 0.377 e. The minimum atomic E-state index is 0.482. The van der Waals surface area contributed by atoms with E-state index >= 15 is 0 Å². The number of ether oxygens (including phenoxy) is 1. The van der Waals surface area contributed by atoms with Gasteiger partial charge in [-0.25, -0.2) is 0 Å². The zero-order valence-electron chi connectivity index (χ0n) is 11.3. The Morgan fingerprint density at radius 2 is 2.00 bits per heavy atom. The van der Waals surface area contributed by atoms with E-state index in [1.807, 2.05) is 0 Å². The fourth-order valence-electron chi connectivity index (χ4n) is 3.06. The molecule has 2 rings (SSSR count). The highest BCUT2D eigenvalue weighted by Gasteiger charge is 2.17. The molecule has 3 nitrogen and oxygen atoms in total. The molecule has 2 fully saturated rings. The van der Waals surface area contributed by atoms with Crippen LogP contribution in [-0.2, 0) is 4.74 Å². The van der Waals surface area contributed by atoms with Crippen molar-refractivity contribution in [2.24, 2.45) is 5.92 Å². The Morgan fingerprint density at radius 1 is 1.18 bits per heavy atom. The molecule has 1 N–H and O–H groups in total. The minimum Gasteiger partial charge on any atom is -0.377 e. The van der Waals surface area contributed by atoms with Crippen molar-refractivity contribution >= 4 is 0 Å². The van der Waals surface area contributed by atoms with E-state index in [9.17, 15) is 0 Å². The van der Waals surface area contributed by atoms with Crippen LogP contribution in [0.4, 0.5) is 0 Å². The van der Waals surface area contributed by atoms with E-state index in [-0.39, 0.29) is 0 Å². The van der Waals surface area contributed by atoms with Crippen molar-refractivity contribution in [1.29, 1.82) is 0 Å². The van der Waals surface area contributed by atoms with E-state index in [0.717, 1.165) is 25.6 Å². The van der Waals surface area contributed by atoms with Gasteiger partial charge in [0.05, 0.1) is 6.10 Å². The van der Waals surface area contributed by atoms with E-state index in [1.165, 1.54) is 51.6 Å². The van der Waals surface area contributed by atoms with Crippen molar-refractivity contribution in [2.75, 3.05) is 39.8 Å². The SMILES string of the molecule is CN(CCNCC1CCCO1)CC1CCCC1. The Hall–Kier alpha value is -0.120. The van der Waals surface area contributed by atoms with Crippen LogP contribution in [0.3, 0.4) is 0 Å². The molecule has 0 aromatic heterocycles. The predicted molar refractivity (Wildman–Crippen MR) is 71.3 cm³/mol. The van der Waals surface area contributed by atoms with Gasteiger partial charge in [0.15, 0.2) is 0 Å². The fraction of sp³-hybridized carbons (Fsp3) is 1.00. The van der Waals surface area contributed by atoms with Gasteiger partial charge in [-0.2, -0.15) is 0 Å². The third-order valence-electron chi connectivity index (χ3n) is 4.11. The minimum absolute atomic E-state index is 0.482. The van der Waals surface area contributed by atoms with Crippen molar-refractivity contribution in [3.8, 4) is 0 Å². The van der Waals surface area contributed by atoms with E-state index in [0.29, 0.717) is 6.10 Å². The average molecular weight is 240 g/mol. The average Bonchev–Trinajstić information content (AvgIpc) is 2.96. The van der Waals surface area contributed by atoms with Gasteiger partial charge in [-0.1, -0.05) is 12.8 Å². The van der Waals surface area contributed by atoms with Crippen molar-refractivity contribution in [2.45, 2.75) is 44.6 Å². The highest BCUT2D eigenvalue weighted by molar-refractivity contribution is 4.71. The number of nitrogens with zero attached hydrogens (tertiary/aromatic N) is 1. The second-order valence-electron chi connectivity index (χ2n) is 5.75. The van der Waals surface area contributed by atoms with Crippen LogP contribution in [0.5, 0.6) is 0 Å². The molecule has 1 heterocycles. The van der Waals surface area contributed by atoms with Crippen molar-refractivity contribution in [3.63, 3.8) is 0 Å². The van der Waals surface area contributed by atoms with Gasteiger partial charge in [-0.15, -0.1) is 0 Å². The molecule has 0 spiro atoms. The normalized spacial score (nSPS) is 26.1. The van der Waals surface area contributed by atoms with E-state index in [1.54, 1.807) is 0 Å². The quantitative estimate of drug-likeness (QED) is 0.688. The molecular weight excluding hydrogens is 212 g/mol. The Bertz CT molecular complexity index is 198. The molecular formula is C14H28N2O. The number of hydrogen-bond donors (Lipinski definition) is 1. The molecule has 0 aromatic rings. The topological polar surface area (TPSA) is 24.5 Å². The second kappa shape index (κ2) is 7.34. The first kappa shape index (κ1) is 13.3. The van der Waals surface area contributed by atoms with Gasteiger partial charge in [0.2, 0.25) is 0 Å². The fourth-order valence-corrected chi connectivity index (χ4v) is 3.06. The molecule has 1 unspecified atom stereocenters. The lowest BCUT2D eigenvalue weighted by molar-refractivity contribution is 0.109. The molecule has 0 bridgehead atoms. The first-order valence-corrected chi connectivity index (χ1v) is 7.35. The summed E-state index contributed by atoms with van der Waals surface area (Å²) in [6, 6.07) is 0. The summed E-state index contributed by atoms with van der Waals surface area (Å²) in [5.41, 5.74) is 0. The lowest BCUT2D eigenvalue weighted by atomic mass is 10.1. The van der Waals surface area contributed by atoms with Crippen LogP contribution in [-0.4, -0.2) is 50.8 Å². The third-order valence-corrected chi connectivity index (χ3v) is 4.11. The molecule has 100 valence electrons. The van der Waals surface area contributed by atoms with Crippen molar-refractivity contribution in [1.82, 2.24) is 10.2 Å². The smallest absolute Gasteiger partial charge is 0.0700 e. The van der Waals surface area contributed by atoms with Gasteiger partial charge in [-0.05, 0) is 38.6 Å². The maximum absolute atomic E-state index is 5.59. The summed E-state index contributed by atoms with van der Waals surface area (Å²) in [4.78, 5) is 2.48. The summed E-state index contributed by atoms with van der Waals surface area (Å²) in [7, 11) is 2.26. The molecule has 1 aliphatic heterocycles. The number of rotatable bonds is 7. The molecule has 1 saturated heterocycles. The van der Waals surface area contributed by atoms with Gasteiger partial charge in [0, 0.05) is 32.8 Å². The van der Waals surface area contributed by atoms with Crippen LogP contribution in [0.1, 0.15) is 38.5 Å². The monoisotopic (exact) mass is 240 g/mol. The van der Waals surface area contributed by atoms with Crippen LogP contribution < -0.4 is 5.32 Å². The van der Waals surface area contributed by atoms with Crippen molar-refractivity contribution < 1.29 is 4.74 Å². The Morgan fingerprint density at radius 3 is 2.71 bits per heavy atom. The zero-order chi connectivity index (χ0) is 11.9. The molecule has 0 aromatic carbocycles. The summed E-state index contributed by atoms with van der Waals surface area (Å²) in [5.74, 6) is 0.971. The predicted octanol–water partition coefficient (Wildman–Crippen LogP) is 1.88. The van der Waals surface area contributed by atoms with Gasteiger partial charge < -0.3 is 15.0 Å². The summed E-state index contributed by atoms with van der Waals surface area (Å²) < 4.78 is 5.59. The molecule has 2 aliphatic rings. The first-order chi connectivity index (χ1) is 8.34. The number of hydrogen-bond acceptors (Lipinski definition) is 3. The lowest BCUT2D eigenvalue weighted by Gasteiger charge is -2.21. The van der Waals surface area contributed by atoms with Gasteiger partial charge in [-0.3, -0.25) is 0 Å². The number of nitrogens with one attached hydrogen (secondary N) is 1. The van der Waals surface area contributed by atoms with E-state index < -0.39 is 0 Å². The first-order valence-electron chi connectivity index (χ1n) is 7.35. The lowest BCUT2D eigenvalue weighted by Crippen LogP contribution is -2.35. The zero-order valence-corrected chi connectivity index (χ0v) is 11.3. The highest BCUT2D eigenvalue weighted by Crippen LogP contribution is 2.24. The standard InChI is InChI=1S/C14H28N2O/c1-16(12-13-5-2-3-6-13)9-8-15-11-14-7-4-10-17-14/h13-15H,2-12H2,1H3. The van der Waals surface area contributed by atoms with Gasteiger partial charge in [0.25, 0.3) is 0 Å². The summed E-state index contributed by atoms with van der Waals surface area (Å²) in [5, 5.41) is 3.52. The van der Waals surface area contributed by atoms with Crippen LogP contribution in [0.25, 0.3) is 0 Å². The summed E-state index contributed by atoms with van der Waals surface area (Å²) in [6.45, 7) is 5.57. The highest BCUT2D eigenvalue weighted by atomic mass is 16.5. The molecule has 3 heteroatoms. The van der Waals surface area contributed by atoms with Crippen LogP contribution in [0, 0.1) is 5.92 Å². The van der Waals surface area contributed by atoms with E-state index in [4.69, 9.17) is 4.74 Å². The van der Waals surface area contributed by atoms with Crippen molar-refractivity contribution in [3.05, 3.63) is 0 Å². The summed E-state index contributed by atoms with van der Waals surface area (Å²) in [6.07, 6.45) is 8.78. The molecule has 0 amide bonds. The Kier molecular flexibility index (Phi) is 5.75. The molecule has 1 saturated carbocycles. The maximum atomic E-state index is 5.59. The Labute approximate surface area is 106 Å². The third kappa shape index (κ3) is 4.94. The molecule has 1 atom stereocenters. The van der Waals surface area contributed by atoms with Gasteiger partial charge in [0.1, 0.15) is 0 Å². The number of likely N-dealkylation sites (N-methyl/N-ethyl adjacent to an activating group) is 1.